The van der Waals surface area contributed by atoms with Gasteiger partial charge in [-0.1, -0.05) is 46.2 Å². The number of aliphatic imine (C=N–C) groups is 1. The van der Waals surface area contributed by atoms with Gasteiger partial charge in [-0.3, -0.25) is 29.0 Å². The van der Waals surface area contributed by atoms with Crippen LogP contribution in [0.5, 0.6) is 5.75 Å². The molecule has 3 rings (SSSR count). The minimum Gasteiger partial charge on any atom is -0.508 e. The third kappa shape index (κ3) is 13.2. The van der Waals surface area contributed by atoms with E-state index in [2.05, 4.69) is 36.2 Å². The number of nitrogens with one attached hydrogen (secondary N) is 5. The standard InChI is InChI=1S/C37H57N11O8/c1-5-21(4)30(34(53)45-27(17-23-18-41-19-43-23)35(54)48-15-7-9-28(48)36(55)56)47-32(51)26(16-22-10-12-24(49)13-11-22)44-33(52)29(20(2)3)46-31(50)25(38)8-6-14-42-37(39)40/h10-13,18-21,25-30,49H,5-9,14-17,38H2,1-4H3,(H,41,43)(H,44,52)(H,45,53)(H,46,50)(H,47,51)(H,55,56)(H4,39,40,42)/t21-,25+,26+,27+,28-,29+,30+/m1/s1. The van der Waals surface area contributed by atoms with Crippen LogP contribution in [-0.4, -0.2) is 116 Å². The number of aromatic nitrogens is 2. The number of likely N-dealkylation sites (tertiary alicyclic amines) is 1. The van der Waals surface area contributed by atoms with Crippen molar-refractivity contribution in [1.82, 2.24) is 36.1 Å². The number of benzene rings is 1. The van der Waals surface area contributed by atoms with Crippen LogP contribution < -0.4 is 38.5 Å². The highest BCUT2D eigenvalue weighted by Crippen LogP contribution is 2.20. The van der Waals surface area contributed by atoms with Gasteiger partial charge in [0.1, 0.15) is 36.0 Å². The number of nitrogens with zero attached hydrogens (tertiary/aromatic N) is 3. The van der Waals surface area contributed by atoms with Crippen molar-refractivity contribution in [2.45, 2.75) is 109 Å². The number of guanidine groups is 1. The van der Waals surface area contributed by atoms with Gasteiger partial charge in [-0.15, -0.1) is 0 Å². The van der Waals surface area contributed by atoms with E-state index in [1.807, 2.05) is 6.92 Å². The van der Waals surface area contributed by atoms with E-state index >= 15 is 0 Å². The number of carbonyl (C=O) groups excluding carboxylic acids is 5. The number of H-pyrrole nitrogens is 1. The number of phenols is 1. The monoisotopic (exact) mass is 783 g/mol. The molecule has 1 fully saturated rings. The molecular weight excluding hydrogens is 726 g/mol. The molecule has 13 N–H and O–H groups in total. The van der Waals surface area contributed by atoms with Crippen LogP contribution in [-0.2, 0) is 41.6 Å². The maximum Gasteiger partial charge on any atom is 0.326 e. The molecule has 0 bridgehead atoms. The molecule has 0 unspecified atom stereocenters. The number of hydrogen-bond acceptors (Lipinski definition) is 10. The van der Waals surface area contributed by atoms with Gasteiger partial charge in [-0.05, 0) is 55.2 Å². The van der Waals surface area contributed by atoms with E-state index in [0.717, 1.165) is 0 Å². The summed E-state index contributed by atoms with van der Waals surface area (Å²) in [6.07, 6.45) is 4.70. The molecular formula is C37H57N11O8. The molecule has 0 spiro atoms. The number of aromatic amines is 1. The Hall–Kier alpha value is -5.72. The van der Waals surface area contributed by atoms with Gasteiger partial charge in [0.25, 0.3) is 0 Å². The fraction of sp³-hybridized carbons (Fsp3) is 0.568. The van der Waals surface area contributed by atoms with Gasteiger partial charge in [0, 0.05) is 37.8 Å². The fourth-order valence-electron chi connectivity index (χ4n) is 6.31. The van der Waals surface area contributed by atoms with Crippen LogP contribution in [0, 0.1) is 11.8 Å². The van der Waals surface area contributed by atoms with E-state index in [0.29, 0.717) is 30.5 Å². The summed E-state index contributed by atoms with van der Waals surface area (Å²) < 4.78 is 0. The lowest BCUT2D eigenvalue weighted by Gasteiger charge is -2.31. The second kappa shape index (κ2) is 21.4. The van der Waals surface area contributed by atoms with Crippen molar-refractivity contribution in [3.05, 3.63) is 48.0 Å². The molecule has 1 aromatic heterocycles. The Bertz CT molecular complexity index is 1660. The van der Waals surface area contributed by atoms with E-state index in [-0.39, 0.29) is 50.5 Å². The summed E-state index contributed by atoms with van der Waals surface area (Å²) in [5.74, 6) is -5.37. The minimum atomic E-state index is -1.26. The predicted octanol–water partition coefficient (Wildman–Crippen LogP) is -1.00. The molecule has 1 aliphatic heterocycles. The zero-order chi connectivity index (χ0) is 41.5. The lowest BCUT2D eigenvalue weighted by molar-refractivity contribution is -0.149. The molecule has 19 nitrogen and oxygen atoms in total. The number of hydrogen-bond donors (Lipinski definition) is 10. The SMILES string of the molecule is CC[C@@H](C)[C@H](NC(=O)[C@H](Cc1ccc(O)cc1)NC(=O)[C@@H](NC(=O)[C@@H](N)CCCN=C(N)N)C(C)C)C(=O)N[C@@H](Cc1cnc[nH]1)C(=O)N1CCC[C@@H]1C(=O)O. The van der Waals surface area contributed by atoms with Gasteiger partial charge < -0.3 is 58.6 Å². The van der Waals surface area contributed by atoms with Gasteiger partial charge in [-0.25, -0.2) is 9.78 Å². The number of phenolic OH excluding ortho intramolecular Hbond substituents is 1. The van der Waals surface area contributed by atoms with E-state index in [4.69, 9.17) is 17.2 Å². The van der Waals surface area contributed by atoms with E-state index in [1.165, 1.54) is 29.6 Å². The maximum atomic E-state index is 14.2. The van der Waals surface area contributed by atoms with Crippen molar-refractivity contribution in [3.8, 4) is 5.75 Å². The van der Waals surface area contributed by atoms with Crippen molar-refractivity contribution in [1.29, 1.82) is 0 Å². The third-order valence-corrected chi connectivity index (χ3v) is 9.77. The number of carboxylic acids is 1. The summed E-state index contributed by atoms with van der Waals surface area (Å²) in [5, 5.41) is 30.5. The number of aromatic hydroxyl groups is 1. The number of nitrogens with two attached hydrogens (primary N) is 3. The van der Waals surface area contributed by atoms with E-state index in [9.17, 15) is 39.0 Å². The number of imidazole rings is 1. The Balaban J connectivity index is 1.85. The molecule has 19 heteroatoms. The Labute approximate surface area is 326 Å². The van der Waals surface area contributed by atoms with Crippen LogP contribution in [0.25, 0.3) is 0 Å². The molecule has 5 amide bonds. The second-order valence-electron chi connectivity index (χ2n) is 14.5. The van der Waals surface area contributed by atoms with Crippen LogP contribution >= 0.6 is 0 Å². The van der Waals surface area contributed by atoms with Crippen LogP contribution in [0.1, 0.15) is 71.1 Å². The highest BCUT2D eigenvalue weighted by atomic mass is 16.4. The quantitative estimate of drug-likeness (QED) is 0.0414. The summed E-state index contributed by atoms with van der Waals surface area (Å²) in [5.41, 5.74) is 17.9. The molecule has 0 saturated carbocycles. The van der Waals surface area contributed by atoms with E-state index in [1.54, 1.807) is 32.9 Å². The Morgan fingerprint density at radius 3 is 2.16 bits per heavy atom. The lowest BCUT2D eigenvalue weighted by atomic mass is 9.96. The van der Waals surface area contributed by atoms with E-state index < -0.39 is 83.6 Å². The molecule has 0 radical (unpaired) electrons. The Kier molecular flexibility index (Phi) is 17.1. The number of rotatable bonds is 21. The molecule has 0 aliphatic carbocycles. The third-order valence-electron chi connectivity index (χ3n) is 9.77. The van der Waals surface area contributed by atoms with Crippen molar-refractivity contribution >= 4 is 41.5 Å². The highest BCUT2D eigenvalue weighted by Gasteiger charge is 2.40. The topological polar surface area (TPSA) is 313 Å². The van der Waals surface area contributed by atoms with Crippen molar-refractivity contribution in [2.24, 2.45) is 34.0 Å². The molecule has 56 heavy (non-hydrogen) atoms. The first kappa shape index (κ1) is 44.7. The number of aliphatic carboxylic acids is 1. The van der Waals surface area contributed by atoms with Gasteiger partial charge >= 0.3 is 5.97 Å². The van der Waals surface area contributed by atoms with Crippen LogP contribution in [0.2, 0.25) is 0 Å². The summed E-state index contributed by atoms with van der Waals surface area (Å²) in [6.45, 7) is 7.48. The molecule has 2 heterocycles. The lowest BCUT2D eigenvalue weighted by Crippen LogP contribution is -2.61. The van der Waals surface area contributed by atoms with Crippen LogP contribution in [0.15, 0.2) is 41.8 Å². The first-order chi connectivity index (χ1) is 26.5. The molecule has 2 aromatic rings. The van der Waals surface area contributed by atoms with Gasteiger partial charge in [0.05, 0.1) is 12.4 Å². The van der Waals surface area contributed by atoms with Crippen LogP contribution in [0.3, 0.4) is 0 Å². The minimum absolute atomic E-state index is 0.00708. The summed E-state index contributed by atoms with van der Waals surface area (Å²) >= 11 is 0. The Morgan fingerprint density at radius 1 is 0.929 bits per heavy atom. The van der Waals surface area contributed by atoms with Gasteiger partial charge in [0.2, 0.25) is 29.5 Å². The largest absolute Gasteiger partial charge is 0.508 e. The van der Waals surface area contributed by atoms with Crippen molar-refractivity contribution in [3.63, 3.8) is 0 Å². The maximum absolute atomic E-state index is 14.2. The number of amides is 5. The average molecular weight is 784 g/mol. The van der Waals surface area contributed by atoms with Crippen LogP contribution in [0.4, 0.5) is 0 Å². The first-order valence-corrected chi connectivity index (χ1v) is 18.8. The Morgan fingerprint density at radius 2 is 1.57 bits per heavy atom. The number of carbonyl (C=O) groups is 6. The number of carboxylic acid groups (broad SMARTS) is 1. The summed E-state index contributed by atoms with van der Waals surface area (Å²) in [7, 11) is 0. The van der Waals surface area contributed by atoms with Gasteiger partial charge in [0.15, 0.2) is 5.96 Å². The van der Waals surface area contributed by atoms with Crippen molar-refractivity contribution in [2.75, 3.05) is 13.1 Å². The smallest absolute Gasteiger partial charge is 0.326 e. The first-order valence-electron chi connectivity index (χ1n) is 18.8. The molecule has 7 atom stereocenters. The zero-order valence-corrected chi connectivity index (χ0v) is 32.4. The highest BCUT2D eigenvalue weighted by molar-refractivity contribution is 5.96. The second-order valence-corrected chi connectivity index (χ2v) is 14.5. The normalized spacial score (nSPS) is 17.1. The van der Waals surface area contributed by atoms with Crippen molar-refractivity contribution < 1.29 is 39.0 Å². The molecule has 1 aromatic carbocycles. The van der Waals surface area contributed by atoms with Gasteiger partial charge in [-0.2, -0.15) is 0 Å². The average Bonchev–Trinajstić information content (AvgIpc) is 3.87. The fourth-order valence-corrected chi connectivity index (χ4v) is 6.31. The summed E-state index contributed by atoms with van der Waals surface area (Å²) in [6, 6.07) is -0.708. The summed E-state index contributed by atoms with van der Waals surface area (Å²) in [4.78, 5) is 92.8. The molecule has 308 valence electrons. The zero-order valence-electron chi connectivity index (χ0n) is 32.4. The molecule has 1 aliphatic rings. The molecule has 1 saturated heterocycles. The predicted molar refractivity (Wildman–Crippen MR) is 206 cm³/mol.